The molecule has 1 saturated carbocycles. The Kier molecular flexibility index (Phi) is 4.45. The molecule has 1 atom stereocenters. The van der Waals surface area contributed by atoms with Crippen LogP contribution in [-0.2, 0) is 11.8 Å². The summed E-state index contributed by atoms with van der Waals surface area (Å²) in [7, 11) is 1.67. The fourth-order valence-corrected chi connectivity index (χ4v) is 3.19. The van der Waals surface area contributed by atoms with E-state index in [0.29, 0.717) is 6.54 Å². The fourth-order valence-electron chi connectivity index (χ4n) is 3.19. The van der Waals surface area contributed by atoms with Crippen LogP contribution in [-0.4, -0.2) is 34.8 Å². The van der Waals surface area contributed by atoms with Crippen molar-refractivity contribution in [3.05, 3.63) is 22.5 Å². The van der Waals surface area contributed by atoms with Gasteiger partial charge >= 0.3 is 0 Å². The van der Waals surface area contributed by atoms with Gasteiger partial charge in [-0.2, -0.15) is 5.10 Å². The number of hydrogen-bond acceptors (Lipinski definition) is 4. The summed E-state index contributed by atoms with van der Waals surface area (Å²) in [5.74, 6) is 1.25. The van der Waals surface area contributed by atoms with Crippen LogP contribution in [0, 0.1) is 5.92 Å². The number of carbonyl (C=O) groups is 1. The molecule has 2 fully saturated rings. The van der Waals surface area contributed by atoms with E-state index in [-0.39, 0.29) is 23.4 Å². The molecule has 1 saturated heterocycles. The second-order valence-corrected chi connectivity index (χ2v) is 6.37. The highest BCUT2D eigenvalue weighted by atomic mass is 16.2. The van der Waals surface area contributed by atoms with E-state index in [1.807, 2.05) is 0 Å². The molecule has 6 nitrogen and oxygen atoms in total. The number of amides is 1. The molecule has 2 aliphatic rings. The van der Waals surface area contributed by atoms with Crippen LogP contribution in [0.1, 0.15) is 38.5 Å². The van der Waals surface area contributed by atoms with Crippen molar-refractivity contribution in [2.45, 2.75) is 44.6 Å². The van der Waals surface area contributed by atoms with Crippen molar-refractivity contribution in [1.29, 1.82) is 0 Å². The van der Waals surface area contributed by atoms with Gasteiger partial charge in [-0.15, -0.1) is 0 Å². The lowest BCUT2D eigenvalue weighted by molar-refractivity contribution is -0.127. The maximum absolute atomic E-state index is 12.0. The molecule has 1 aromatic rings. The van der Waals surface area contributed by atoms with Crippen LogP contribution >= 0.6 is 0 Å². The normalized spacial score (nSPS) is 22.2. The van der Waals surface area contributed by atoms with Gasteiger partial charge in [0.2, 0.25) is 5.91 Å². The molecule has 1 aliphatic carbocycles. The quantitative estimate of drug-likeness (QED) is 0.903. The molecule has 1 amide bonds. The van der Waals surface area contributed by atoms with Gasteiger partial charge in [0.1, 0.15) is 5.82 Å². The summed E-state index contributed by atoms with van der Waals surface area (Å²) in [5.41, 5.74) is -0.101. The average Bonchev–Trinajstić information content (AvgIpc) is 2.46. The monoisotopic (exact) mass is 304 g/mol. The van der Waals surface area contributed by atoms with Crippen LogP contribution in [0.25, 0.3) is 0 Å². The molecule has 6 heteroatoms. The third-order valence-electron chi connectivity index (χ3n) is 4.86. The molecule has 120 valence electrons. The zero-order valence-corrected chi connectivity index (χ0v) is 13.1. The smallest absolute Gasteiger partial charge is 0.266 e. The third kappa shape index (κ3) is 3.15. The van der Waals surface area contributed by atoms with Gasteiger partial charge in [-0.25, -0.2) is 4.68 Å². The second-order valence-electron chi connectivity index (χ2n) is 6.37. The van der Waals surface area contributed by atoms with Crippen molar-refractivity contribution in [2.24, 2.45) is 13.0 Å². The second kappa shape index (κ2) is 6.50. The number of piperidine rings is 1. The van der Waals surface area contributed by atoms with Gasteiger partial charge in [0, 0.05) is 38.2 Å². The summed E-state index contributed by atoms with van der Waals surface area (Å²) in [6.07, 6.45) is 6.58. The van der Waals surface area contributed by atoms with Crippen LogP contribution in [0.2, 0.25) is 0 Å². The predicted octanol–water partition coefficient (Wildman–Crippen LogP) is 1.06. The highest BCUT2D eigenvalue weighted by molar-refractivity contribution is 5.79. The molecule has 2 heterocycles. The molecule has 1 aromatic heterocycles. The first-order chi connectivity index (χ1) is 10.6. The van der Waals surface area contributed by atoms with E-state index in [1.54, 1.807) is 19.2 Å². The van der Waals surface area contributed by atoms with Crippen molar-refractivity contribution in [2.75, 3.05) is 18.0 Å². The number of nitrogens with zero attached hydrogens (tertiary/aromatic N) is 3. The maximum atomic E-state index is 12.0. The first kappa shape index (κ1) is 15.1. The summed E-state index contributed by atoms with van der Waals surface area (Å²) in [4.78, 5) is 25.7. The van der Waals surface area contributed by atoms with Gasteiger partial charge in [-0.05, 0) is 38.2 Å². The third-order valence-corrected chi connectivity index (χ3v) is 4.86. The summed E-state index contributed by atoms with van der Waals surface area (Å²) in [6, 6.07) is 3.61. The van der Waals surface area contributed by atoms with Crippen molar-refractivity contribution < 1.29 is 4.79 Å². The summed E-state index contributed by atoms with van der Waals surface area (Å²) >= 11 is 0. The van der Waals surface area contributed by atoms with Crippen LogP contribution < -0.4 is 15.8 Å². The van der Waals surface area contributed by atoms with Crippen LogP contribution in [0.15, 0.2) is 16.9 Å². The Balaban J connectivity index is 1.66. The van der Waals surface area contributed by atoms with Crippen molar-refractivity contribution in [3.8, 4) is 0 Å². The Bertz CT molecular complexity index is 594. The van der Waals surface area contributed by atoms with E-state index in [1.165, 1.54) is 17.5 Å². The number of nitrogens with one attached hydrogen (secondary N) is 1. The molecule has 1 aliphatic heterocycles. The van der Waals surface area contributed by atoms with Gasteiger partial charge in [-0.3, -0.25) is 9.59 Å². The number of aryl methyl sites for hydroxylation is 1. The Morgan fingerprint density at radius 2 is 2.09 bits per heavy atom. The Hall–Kier alpha value is -1.85. The van der Waals surface area contributed by atoms with Crippen molar-refractivity contribution in [1.82, 2.24) is 15.1 Å². The summed E-state index contributed by atoms with van der Waals surface area (Å²) in [6.45, 7) is 1.59. The lowest BCUT2D eigenvalue weighted by Gasteiger charge is -2.37. The van der Waals surface area contributed by atoms with Gasteiger partial charge in [0.25, 0.3) is 5.56 Å². The first-order valence-corrected chi connectivity index (χ1v) is 8.24. The minimum absolute atomic E-state index is 0.101. The number of anilines is 1. The number of aromatic nitrogens is 2. The number of carbonyl (C=O) groups excluding carboxylic acids is 1. The van der Waals surface area contributed by atoms with Crippen LogP contribution in [0.5, 0.6) is 0 Å². The van der Waals surface area contributed by atoms with Crippen molar-refractivity contribution in [3.63, 3.8) is 0 Å². The predicted molar refractivity (Wildman–Crippen MR) is 84.8 cm³/mol. The summed E-state index contributed by atoms with van der Waals surface area (Å²) < 4.78 is 1.37. The molecule has 22 heavy (non-hydrogen) atoms. The molecule has 1 N–H and O–H groups in total. The highest BCUT2D eigenvalue weighted by Gasteiger charge is 2.28. The molecule has 0 radical (unpaired) electrons. The molecule has 0 spiro atoms. The zero-order valence-electron chi connectivity index (χ0n) is 13.1. The molecular formula is C16H24N4O2. The molecule has 1 unspecified atom stereocenters. The van der Waals surface area contributed by atoms with E-state index in [4.69, 9.17) is 0 Å². The Labute approximate surface area is 130 Å². The lowest BCUT2D eigenvalue weighted by Crippen LogP contribution is -2.49. The van der Waals surface area contributed by atoms with E-state index in [9.17, 15) is 9.59 Å². The lowest BCUT2D eigenvalue weighted by atomic mass is 9.85. The minimum atomic E-state index is -0.101. The molecule has 3 rings (SSSR count). The largest absolute Gasteiger partial charge is 0.354 e. The van der Waals surface area contributed by atoms with E-state index >= 15 is 0 Å². The standard InChI is InChI=1S/C16H24N4O2/c1-19-15(21)9-8-14(18-19)20-10-3-2-7-13(20)11-17-16(22)12-5-4-6-12/h8-9,12-13H,2-7,10-11H2,1H3,(H,17,22). The molecular weight excluding hydrogens is 280 g/mol. The van der Waals surface area contributed by atoms with Crippen LogP contribution in [0.4, 0.5) is 5.82 Å². The van der Waals surface area contributed by atoms with E-state index in [0.717, 1.165) is 38.0 Å². The maximum Gasteiger partial charge on any atom is 0.266 e. The fraction of sp³-hybridized carbons (Fsp3) is 0.688. The number of rotatable bonds is 4. The summed E-state index contributed by atoms with van der Waals surface area (Å²) in [5, 5.41) is 7.46. The molecule has 0 aromatic carbocycles. The average molecular weight is 304 g/mol. The van der Waals surface area contributed by atoms with Gasteiger partial charge in [0.05, 0.1) is 0 Å². The topological polar surface area (TPSA) is 67.2 Å². The van der Waals surface area contributed by atoms with Gasteiger partial charge in [0.15, 0.2) is 0 Å². The number of hydrogen-bond donors (Lipinski definition) is 1. The van der Waals surface area contributed by atoms with E-state index < -0.39 is 0 Å². The SMILES string of the molecule is Cn1nc(N2CCCCC2CNC(=O)C2CCC2)ccc1=O. The molecule has 0 bridgehead atoms. The van der Waals surface area contributed by atoms with Gasteiger partial charge in [-0.1, -0.05) is 6.42 Å². The zero-order chi connectivity index (χ0) is 15.5. The van der Waals surface area contributed by atoms with E-state index in [2.05, 4.69) is 15.3 Å². The first-order valence-electron chi connectivity index (χ1n) is 8.24. The van der Waals surface area contributed by atoms with Crippen molar-refractivity contribution >= 4 is 11.7 Å². The minimum Gasteiger partial charge on any atom is -0.354 e. The Morgan fingerprint density at radius 1 is 1.27 bits per heavy atom. The Morgan fingerprint density at radius 3 is 2.77 bits per heavy atom. The highest BCUT2D eigenvalue weighted by Crippen LogP contribution is 2.26. The van der Waals surface area contributed by atoms with Crippen LogP contribution in [0.3, 0.4) is 0 Å². The van der Waals surface area contributed by atoms with Gasteiger partial charge < -0.3 is 10.2 Å².